The Balaban J connectivity index is 2.11. The number of carbonyl (C=O) groups is 1. The zero-order valence-corrected chi connectivity index (χ0v) is 14.0. The molecule has 0 radical (unpaired) electrons. The Morgan fingerprint density at radius 3 is 2.52 bits per heavy atom. The summed E-state index contributed by atoms with van der Waals surface area (Å²) in [7, 11) is -1.93. The third-order valence-corrected chi connectivity index (χ3v) is 7.32. The van der Waals surface area contributed by atoms with Crippen molar-refractivity contribution in [3.63, 3.8) is 0 Å². The third-order valence-electron chi connectivity index (χ3n) is 3.49. The molecule has 0 aliphatic carbocycles. The van der Waals surface area contributed by atoms with Gasteiger partial charge < -0.3 is 11.1 Å². The van der Waals surface area contributed by atoms with Crippen LogP contribution >= 0.6 is 23.6 Å². The SMILES string of the molecule is CNC(=O)C1CCN(S(=O)(=O)c2ccc(C(N)=S)s2)CC1. The van der Waals surface area contributed by atoms with Crippen molar-refractivity contribution in [3.8, 4) is 0 Å². The van der Waals surface area contributed by atoms with Crippen molar-refractivity contribution in [2.45, 2.75) is 17.1 Å². The summed E-state index contributed by atoms with van der Waals surface area (Å²) in [6.07, 6.45) is 1.07. The Morgan fingerprint density at radius 1 is 1.43 bits per heavy atom. The molecule has 0 bridgehead atoms. The lowest BCUT2D eigenvalue weighted by atomic mass is 9.97. The van der Waals surface area contributed by atoms with E-state index in [1.807, 2.05) is 0 Å². The number of thiophene rings is 1. The topological polar surface area (TPSA) is 92.5 Å². The lowest BCUT2D eigenvalue weighted by Gasteiger charge is -2.29. The number of hydrogen-bond acceptors (Lipinski definition) is 5. The van der Waals surface area contributed by atoms with E-state index in [9.17, 15) is 13.2 Å². The maximum absolute atomic E-state index is 12.5. The summed E-state index contributed by atoms with van der Waals surface area (Å²) in [4.78, 5) is 12.3. The number of nitrogens with two attached hydrogens (primary N) is 1. The van der Waals surface area contributed by atoms with E-state index in [1.165, 1.54) is 10.4 Å². The molecule has 116 valence electrons. The number of nitrogens with one attached hydrogen (secondary N) is 1. The van der Waals surface area contributed by atoms with E-state index >= 15 is 0 Å². The third kappa shape index (κ3) is 3.42. The van der Waals surface area contributed by atoms with Crippen LogP contribution in [0.1, 0.15) is 17.7 Å². The molecule has 1 aliphatic rings. The van der Waals surface area contributed by atoms with Crippen LogP contribution in [0.25, 0.3) is 0 Å². The maximum atomic E-state index is 12.5. The first-order valence-corrected chi connectivity index (χ1v) is 9.14. The highest BCUT2D eigenvalue weighted by molar-refractivity contribution is 7.91. The molecule has 9 heteroatoms. The van der Waals surface area contributed by atoms with E-state index in [4.69, 9.17) is 18.0 Å². The van der Waals surface area contributed by atoms with Gasteiger partial charge in [0.05, 0.1) is 4.88 Å². The highest BCUT2D eigenvalue weighted by atomic mass is 32.2. The summed E-state index contributed by atoms with van der Waals surface area (Å²) < 4.78 is 26.7. The van der Waals surface area contributed by atoms with Crippen molar-refractivity contribution in [1.29, 1.82) is 0 Å². The van der Waals surface area contributed by atoms with Gasteiger partial charge in [0.25, 0.3) is 10.0 Å². The summed E-state index contributed by atoms with van der Waals surface area (Å²) in [5, 5.41) is 2.60. The zero-order chi connectivity index (χ0) is 15.6. The zero-order valence-electron chi connectivity index (χ0n) is 11.5. The highest BCUT2D eigenvalue weighted by Crippen LogP contribution is 2.28. The summed E-state index contributed by atoms with van der Waals surface area (Å²) in [5.74, 6) is -0.143. The van der Waals surface area contributed by atoms with Crippen LogP contribution in [-0.4, -0.2) is 43.8 Å². The summed E-state index contributed by atoms with van der Waals surface area (Å²) in [5.41, 5.74) is 5.50. The second kappa shape index (κ2) is 6.39. The monoisotopic (exact) mass is 347 g/mol. The Hall–Kier alpha value is -1.03. The van der Waals surface area contributed by atoms with Crippen LogP contribution in [0.5, 0.6) is 0 Å². The van der Waals surface area contributed by atoms with Crippen molar-refractivity contribution < 1.29 is 13.2 Å². The fraction of sp³-hybridized carbons (Fsp3) is 0.500. The van der Waals surface area contributed by atoms with Gasteiger partial charge in [-0.15, -0.1) is 11.3 Å². The second-order valence-corrected chi connectivity index (χ2v) is 8.46. The molecular formula is C12H17N3O3S3. The average Bonchev–Trinajstić information content (AvgIpc) is 2.97. The molecule has 1 aliphatic heterocycles. The Kier molecular flexibility index (Phi) is 4.97. The maximum Gasteiger partial charge on any atom is 0.252 e. The first kappa shape index (κ1) is 16.3. The van der Waals surface area contributed by atoms with Crippen LogP contribution in [0, 0.1) is 5.92 Å². The molecule has 1 aromatic rings. The molecule has 0 aromatic carbocycles. The van der Waals surface area contributed by atoms with Crippen molar-refractivity contribution in [3.05, 3.63) is 17.0 Å². The Bertz CT molecular complexity index is 646. The lowest BCUT2D eigenvalue weighted by Crippen LogP contribution is -2.42. The van der Waals surface area contributed by atoms with Crippen LogP contribution in [-0.2, 0) is 14.8 Å². The Labute approximate surface area is 133 Å². The first-order chi connectivity index (χ1) is 9.86. The van der Waals surface area contributed by atoms with Crippen LogP contribution in [0.3, 0.4) is 0 Å². The molecule has 0 unspecified atom stereocenters. The minimum absolute atomic E-state index is 0.0288. The van der Waals surface area contributed by atoms with E-state index in [0.29, 0.717) is 30.8 Å². The predicted molar refractivity (Wildman–Crippen MR) is 85.8 cm³/mol. The molecule has 1 amide bonds. The largest absolute Gasteiger partial charge is 0.389 e. The highest BCUT2D eigenvalue weighted by Gasteiger charge is 2.32. The van der Waals surface area contributed by atoms with Crippen molar-refractivity contribution in [1.82, 2.24) is 9.62 Å². The van der Waals surface area contributed by atoms with E-state index in [-0.39, 0.29) is 21.0 Å². The smallest absolute Gasteiger partial charge is 0.252 e. The van der Waals surface area contributed by atoms with E-state index in [1.54, 1.807) is 13.1 Å². The van der Waals surface area contributed by atoms with Crippen molar-refractivity contribution >= 4 is 44.5 Å². The number of sulfonamides is 1. The van der Waals surface area contributed by atoms with Gasteiger partial charge in [-0.1, -0.05) is 12.2 Å². The minimum Gasteiger partial charge on any atom is -0.389 e. The predicted octanol–water partition coefficient (Wildman–Crippen LogP) is 0.529. The van der Waals surface area contributed by atoms with Gasteiger partial charge in [0.1, 0.15) is 9.20 Å². The number of nitrogens with zero attached hydrogens (tertiary/aromatic N) is 1. The minimum atomic E-state index is -3.53. The quantitative estimate of drug-likeness (QED) is 0.775. The van der Waals surface area contributed by atoms with Crippen molar-refractivity contribution in [2.24, 2.45) is 11.7 Å². The number of rotatable bonds is 4. The Morgan fingerprint density at radius 2 is 2.05 bits per heavy atom. The summed E-state index contributed by atoms with van der Waals surface area (Å²) >= 11 is 5.93. The van der Waals surface area contributed by atoms with Gasteiger partial charge in [-0.05, 0) is 25.0 Å². The second-order valence-electron chi connectivity index (χ2n) is 4.78. The van der Waals surface area contributed by atoms with E-state index in [2.05, 4.69) is 5.32 Å². The van der Waals surface area contributed by atoms with Gasteiger partial charge in [-0.2, -0.15) is 4.31 Å². The molecule has 2 rings (SSSR count). The standard InChI is InChI=1S/C12H17N3O3S3/c1-14-12(16)8-4-6-15(7-5-8)21(17,18)10-3-2-9(20-10)11(13)19/h2-3,8H,4-7H2,1H3,(H2,13,19)(H,14,16). The van der Waals surface area contributed by atoms with Gasteiger partial charge >= 0.3 is 0 Å². The molecule has 2 heterocycles. The normalized spacial score (nSPS) is 17.6. The fourth-order valence-electron chi connectivity index (χ4n) is 2.28. The number of amides is 1. The molecule has 1 saturated heterocycles. The molecule has 0 saturated carbocycles. The molecule has 0 spiro atoms. The van der Waals surface area contributed by atoms with Crippen LogP contribution in [0.15, 0.2) is 16.3 Å². The van der Waals surface area contributed by atoms with Crippen molar-refractivity contribution in [2.75, 3.05) is 20.1 Å². The summed E-state index contributed by atoms with van der Waals surface area (Å²) in [6, 6.07) is 3.15. The van der Waals surface area contributed by atoms with Gasteiger partial charge in [0.2, 0.25) is 5.91 Å². The summed E-state index contributed by atoms with van der Waals surface area (Å²) in [6.45, 7) is 0.696. The van der Waals surface area contributed by atoms with E-state index < -0.39 is 10.0 Å². The van der Waals surface area contributed by atoms with Gasteiger partial charge in [-0.25, -0.2) is 8.42 Å². The number of hydrogen-bond donors (Lipinski definition) is 2. The van der Waals surface area contributed by atoms with Gasteiger partial charge in [0.15, 0.2) is 0 Å². The molecular weight excluding hydrogens is 330 g/mol. The van der Waals surface area contributed by atoms with Crippen LogP contribution in [0.4, 0.5) is 0 Å². The molecule has 0 atom stereocenters. The molecule has 6 nitrogen and oxygen atoms in total. The van der Waals surface area contributed by atoms with Crippen LogP contribution < -0.4 is 11.1 Å². The molecule has 1 fully saturated rings. The molecule has 3 N–H and O–H groups in total. The molecule has 21 heavy (non-hydrogen) atoms. The fourth-order valence-corrected chi connectivity index (χ4v) is 5.26. The average molecular weight is 347 g/mol. The number of thiocarbonyl (C=S) groups is 1. The number of piperidine rings is 1. The van der Waals surface area contributed by atoms with Gasteiger partial charge in [0, 0.05) is 26.1 Å². The lowest BCUT2D eigenvalue weighted by molar-refractivity contribution is -0.125. The first-order valence-electron chi connectivity index (χ1n) is 6.47. The van der Waals surface area contributed by atoms with Gasteiger partial charge in [-0.3, -0.25) is 4.79 Å². The number of carbonyl (C=O) groups excluding carboxylic acids is 1. The van der Waals surface area contributed by atoms with Crippen LogP contribution in [0.2, 0.25) is 0 Å². The molecule has 1 aromatic heterocycles. The van der Waals surface area contributed by atoms with E-state index in [0.717, 1.165) is 11.3 Å².